The summed E-state index contributed by atoms with van der Waals surface area (Å²) in [5.41, 5.74) is 4.35. The van der Waals surface area contributed by atoms with Gasteiger partial charge in [-0.25, -0.2) is 15.0 Å². The number of rotatable bonds is 7. The van der Waals surface area contributed by atoms with Gasteiger partial charge >= 0.3 is 12.1 Å². The molecule has 1 amide bonds. The lowest BCUT2D eigenvalue weighted by atomic mass is 9.93. The Morgan fingerprint density at radius 3 is 2.20 bits per heavy atom. The van der Waals surface area contributed by atoms with Crippen molar-refractivity contribution in [3.63, 3.8) is 0 Å². The zero-order valence-corrected chi connectivity index (χ0v) is 17.6. The van der Waals surface area contributed by atoms with Gasteiger partial charge in [0, 0.05) is 6.42 Å². The maximum Gasteiger partial charge on any atom is 0.422 e. The van der Waals surface area contributed by atoms with Crippen molar-refractivity contribution in [2.45, 2.75) is 51.9 Å². The maximum absolute atomic E-state index is 12.9. The van der Waals surface area contributed by atoms with E-state index >= 15 is 0 Å². The van der Waals surface area contributed by atoms with Crippen molar-refractivity contribution >= 4 is 12.1 Å². The molecule has 0 heterocycles. The first-order chi connectivity index (χ1) is 14.0. The third-order valence-electron chi connectivity index (χ3n) is 4.10. The summed E-state index contributed by atoms with van der Waals surface area (Å²) in [6.45, 7) is 6.78. The molecule has 0 unspecified atom stereocenters. The third kappa shape index (κ3) is 6.97. The third-order valence-corrected chi connectivity index (χ3v) is 4.10. The highest BCUT2D eigenvalue weighted by Crippen LogP contribution is 2.27. The van der Waals surface area contributed by atoms with E-state index < -0.39 is 23.2 Å². The highest BCUT2D eigenvalue weighted by Gasteiger charge is 2.36. The number of carbonyl (C=O) groups excluding carboxylic acids is 2. The zero-order valence-electron chi connectivity index (χ0n) is 17.6. The number of esters is 1. The average Bonchev–Trinajstić information content (AvgIpc) is 2.67. The minimum Gasteiger partial charge on any atom is -0.504 e. The molecule has 2 aromatic carbocycles. The number of ether oxygens (including phenoxy) is 2. The number of hydrazine groups is 1. The van der Waals surface area contributed by atoms with Gasteiger partial charge in [-0.3, -0.25) is 5.43 Å². The molecule has 0 aromatic heterocycles. The predicted molar refractivity (Wildman–Crippen MR) is 111 cm³/mol. The van der Waals surface area contributed by atoms with E-state index in [0.29, 0.717) is 5.56 Å². The topological polar surface area (TPSA) is 117 Å². The van der Waals surface area contributed by atoms with Crippen molar-refractivity contribution in [1.82, 2.24) is 10.9 Å². The molecule has 0 saturated carbocycles. The molecule has 8 nitrogen and oxygen atoms in total. The van der Waals surface area contributed by atoms with E-state index in [4.69, 9.17) is 9.47 Å². The van der Waals surface area contributed by atoms with Crippen molar-refractivity contribution in [3.05, 3.63) is 59.7 Å². The highest BCUT2D eigenvalue weighted by molar-refractivity contribution is 5.81. The molecule has 2 aromatic rings. The predicted octanol–water partition coefficient (Wildman–Crippen LogP) is 3.17. The Balaban J connectivity index is 2.15. The van der Waals surface area contributed by atoms with Gasteiger partial charge in [-0.1, -0.05) is 36.4 Å². The second-order valence-corrected chi connectivity index (χ2v) is 8.15. The quantitative estimate of drug-likeness (QED) is 0.311. The largest absolute Gasteiger partial charge is 0.504 e. The fourth-order valence-electron chi connectivity index (χ4n) is 2.63. The number of hydrogen-bond acceptors (Lipinski definition) is 7. The monoisotopic (exact) mass is 416 g/mol. The molecule has 2 rings (SSSR count). The molecule has 0 fully saturated rings. The summed E-state index contributed by atoms with van der Waals surface area (Å²) in [4.78, 5) is 24.9. The fraction of sp³-hybridized carbons (Fsp3) is 0.364. The molecular formula is C22H28N2O6. The first kappa shape index (κ1) is 23.0. The number of hydrogen-bond donors (Lipinski definition) is 4. The average molecular weight is 416 g/mol. The summed E-state index contributed by atoms with van der Waals surface area (Å²) in [7, 11) is 0. The van der Waals surface area contributed by atoms with Crippen molar-refractivity contribution < 1.29 is 29.3 Å². The molecule has 0 radical (unpaired) electrons. The van der Waals surface area contributed by atoms with Gasteiger partial charge in [-0.15, -0.1) is 0 Å². The second kappa shape index (κ2) is 9.49. The van der Waals surface area contributed by atoms with Gasteiger partial charge < -0.3 is 19.7 Å². The van der Waals surface area contributed by atoms with E-state index in [2.05, 4.69) is 10.9 Å². The van der Waals surface area contributed by atoms with Gasteiger partial charge in [-0.2, -0.15) is 0 Å². The van der Waals surface area contributed by atoms with E-state index in [9.17, 15) is 19.8 Å². The van der Waals surface area contributed by atoms with Gasteiger partial charge in [0.15, 0.2) is 11.5 Å². The number of carbonyl (C=O) groups is 2. The Labute approximate surface area is 175 Å². The lowest BCUT2D eigenvalue weighted by Gasteiger charge is -2.30. The van der Waals surface area contributed by atoms with Crippen LogP contribution in [0.25, 0.3) is 0 Å². The van der Waals surface area contributed by atoms with Crippen molar-refractivity contribution in [2.24, 2.45) is 0 Å². The maximum atomic E-state index is 12.9. The first-order valence-corrected chi connectivity index (χ1v) is 9.47. The van der Waals surface area contributed by atoms with E-state index in [1.165, 1.54) is 12.1 Å². The number of phenols is 2. The van der Waals surface area contributed by atoms with Crippen LogP contribution in [-0.2, 0) is 27.3 Å². The van der Waals surface area contributed by atoms with Crippen LogP contribution in [0.2, 0.25) is 0 Å². The van der Waals surface area contributed by atoms with Gasteiger partial charge in [-0.05, 0) is 51.0 Å². The summed E-state index contributed by atoms with van der Waals surface area (Å²) in [6, 6.07) is 13.4. The molecule has 162 valence electrons. The molecule has 0 bridgehead atoms. The molecule has 0 spiro atoms. The Bertz CT molecular complexity index is 879. The lowest BCUT2D eigenvalue weighted by Crippen LogP contribution is -2.59. The van der Waals surface area contributed by atoms with E-state index in [-0.39, 0.29) is 24.5 Å². The fourth-order valence-corrected chi connectivity index (χ4v) is 2.63. The summed E-state index contributed by atoms with van der Waals surface area (Å²) in [5, 5.41) is 19.3. The number of benzene rings is 2. The van der Waals surface area contributed by atoms with Crippen LogP contribution in [0.15, 0.2) is 48.5 Å². The Morgan fingerprint density at radius 2 is 1.60 bits per heavy atom. The van der Waals surface area contributed by atoms with Gasteiger partial charge in [0.25, 0.3) is 0 Å². The zero-order chi connectivity index (χ0) is 22.4. The summed E-state index contributed by atoms with van der Waals surface area (Å²) >= 11 is 0. The number of phenolic OH excluding ortho intramolecular Hbond substituents is 2. The Kier molecular flexibility index (Phi) is 7.28. The Hall–Kier alpha value is -3.26. The van der Waals surface area contributed by atoms with Crippen LogP contribution in [0.1, 0.15) is 38.8 Å². The standard InChI is InChI=1S/C22H28N2O6/c1-21(2,3)30-20(28)23-24-22(4,13-16-10-11-17(25)18(26)12-16)19(27)29-14-15-8-6-5-7-9-15/h5-12,24-26H,13-14H2,1-4H3,(H,23,28)/t22-/m0/s1. The Morgan fingerprint density at radius 1 is 0.933 bits per heavy atom. The van der Waals surface area contributed by atoms with Crippen LogP contribution in [0.5, 0.6) is 11.5 Å². The van der Waals surface area contributed by atoms with Crippen LogP contribution in [0.4, 0.5) is 4.79 Å². The summed E-state index contributed by atoms with van der Waals surface area (Å²) < 4.78 is 10.6. The summed E-state index contributed by atoms with van der Waals surface area (Å²) in [6.07, 6.45) is -0.692. The number of amides is 1. The van der Waals surface area contributed by atoms with Crippen molar-refractivity contribution in [3.8, 4) is 11.5 Å². The molecule has 8 heteroatoms. The van der Waals surface area contributed by atoms with E-state index in [1.807, 2.05) is 30.3 Å². The summed E-state index contributed by atoms with van der Waals surface area (Å²) in [5.74, 6) is -1.20. The van der Waals surface area contributed by atoms with Crippen LogP contribution in [0.3, 0.4) is 0 Å². The second-order valence-electron chi connectivity index (χ2n) is 8.15. The smallest absolute Gasteiger partial charge is 0.422 e. The minimum absolute atomic E-state index is 0.0597. The van der Waals surface area contributed by atoms with E-state index in [1.54, 1.807) is 33.8 Å². The minimum atomic E-state index is -1.38. The number of aromatic hydroxyl groups is 2. The molecular weight excluding hydrogens is 388 g/mol. The van der Waals surface area contributed by atoms with Crippen LogP contribution in [-0.4, -0.2) is 33.4 Å². The molecule has 4 N–H and O–H groups in total. The molecule has 0 aliphatic heterocycles. The van der Waals surface area contributed by atoms with Gasteiger partial charge in [0.2, 0.25) is 0 Å². The lowest BCUT2D eigenvalue weighted by molar-refractivity contribution is -0.152. The van der Waals surface area contributed by atoms with Crippen LogP contribution < -0.4 is 10.9 Å². The van der Waals surface area contributed by atoms with Crippen LogP contribution >= 0.6 is 0 Å². The van der Waals surface area contributed by atoms with Crippen molar-refractivity contribution in [2.75, 3.05) is 0 Å². The van der Waals surface area contributed by atoms with E-state index in [0.717, 1.165) is 5.56 Å². The molecule has 30 heavy (non-hydrogen) atoms. The first-order valence-electron chi connectivity index (χ1n) is 9.47. The van der Waals surface area contributed by atoms with Gasteiger partial charge in [0.05, 0.1) is 0 Å². The SMILES string of the molecule is CC(C)(C)OC(=O)NN[C@@](C)(Cc1ccc(O)c(O)c1)C(=O)OCc1ccccc1. The molecule has 0 saturated heterocycles. The molecule has 0 aliphatic carbocycles. The van der Waals surface area contributed by atoms with Crippen molar-refractivity contribution in [1.29, 1.82) is 0 Å². The number of nitrogens with one attached hydrogen (secondary N) is 2. The normalized spacial score (nSPS) is 13.2. The molecule has 0 aliphatic rings. The highest BCUT2D eigenvalue weighted by atomic mass is 16.6. The van der Waals surface area contributed by atoms with Gasteiger partial charge in [0.1, 0.15) is 17.7 Å². The van der Waals surface area contributed by atoms with Crippen LogP contribution in [0, 0.1) is 0 Å². The molecule has 1 atom stereocenters.